The largest absolute Gasteiger partial charge is 0.444 e. The third-order valence-electron chi connectivity index (χ3n) is 6.60. The van der Waals surface area contributed by atoms with Crippen LogP contribution in [0, 0.1) is 0 Å². The summed E-state index contributed by atoms with van der Waals surface area (Å²) in [6.45, 7) is 11.7. The van der Waals surface area contributed by atoms with Crippen LogP contribution in [0.3, 0.4) is 0 Å². The van der Waals surface area contributed by atoms with Crippen LogP contribution in [0.15, 0.2) is 48.7 Å². The predicted octanol–water partition coefficient (Wildman–Crippen LogP) is 6.53. The normalized spacial score (nSPS) is 15.9. The van der Waals surface area contributed by atoms with E-state index in [1.165, 1.54) is 4.68 Å². The molecule has 40 heavy (non-hydrogen) atoms. The van der Waals surface area contributed by atoms with Gasteiger partial charge >= 0.3 is 12.2 Å². The maximum Gasteiger partial charge on any atom is 0.435 e. The number of ether oxygens (including phenoxy) is 2. The SMILES string of the molecule is CC(C)(C)OC(=O)N1CCCC1c1ncc(-c2ccc(-c3ccc4c(N)nn(C(=O)OC(C)(C)C)c4c3)cc2)[nH]1. The number of H-pyrrole nitrogens is 1. The molecule has 2 aromatic heterocycles. The van der Waals surface area contributed by atoms with E-state index in [2.05, 4.69) is 15.1 Å². The quantitative estimate of drug-likeness (QED) is 0.300. The molecule has 5 rings (SSSR count). The van der Waals surface area contributed by atoms with Gasteiger partial charge in [-0.2, -0.15) is 4.68 Å². The number of nitrogens with one attached hydrogen (secondary N) is 1. The number of imidazole rings is 1. The summed E-state index contributed by atoms with van der Waals surface area (Å²) in [5, 5.41) is 4.89. The Morgan fingerprint density at radius 1 is 0.925 bits per heavy atom. The molecule has 1 unspecified atom stereocenters. The number of amides is 1. The molecule has 1 aliphatic rings. The zero-order chi connectivity index (χ0) is 28.8. The second-order valence-electron chi connectivity index (χ2n) is 12.1. The van der Waals surface area contributed by atoms with Gasteiger partial charge in [0.05, 0.1) is 23.4 Å². The fourth-order valence-electron chi connectivity index (χ4n) is 4.85. The van der Waals surface area contributed by atoms with E-state index in [-0.39, 0.29) is 18.0 Å². The summed E-state index contributed by atoms with van der Waals surface area (Å²) in [7, 11) is 0. The third kappa shape index (κ3) is 5.66. The predicted molar refractivity (Wildman–Crippen MR) is 154 cm³/mol. The van der Waals surface area contributed by atoms with Crippen molar-refractivity contribution in [3.8, 4) is 22.4 Å². The maximum absolute atomic E-state index is 12.7. The first kappa shape index (κ1) is 27.2. The van der Waals surface area contributed by atoms with Gasteiger partial charge in [-0.25, -0.2) is 14.6 Å². The van der Waals surface area contributed by atoms with Gasteiger partial charge in [-0.05, 0) is 83.2 Å². The van der Waals surface area contributed by atoms with Gasteiger partial charge in [-0.15, -0.1) is 5.10 Å². The van der Waals surface area contributed by atoms with E-state index >= 15 is 0 Å². The monoisotopic (exact) mass is 544 g/mol. The molecule has 3 N–H and O–H groups in total. The molecular formula is C30H36N6O4. The highest BCUT2D eigenvalue weighted by atomic mass is 16.6. The van der Waals surface area contributed by atoms with Crippen molar-refractivity contribution in [1.82, 2.24) is 24.6 Å². The minimum Gasteiger partial charge on any atom is -0.444 e. The van der Waals surface area contributed by atoms with Crippen LogP contribution in [0.5, 0.6) is 0 Å². The number of aromatic nitrogens is 4. The molecule has 0 saturated carbocycles. The van der Waals surface area contributed by atoms with Crippen LogP contribution in [-0.4, -0.2) is 54.6 Å². The van der Waals surface area contributed by atoms with Crippen LogP contribution >= 0.6 is 0 Å². The number of nitrogen functional groups attached to an aromatic ring is 1. The highest BCUT2D eigenvalue weighted by Crippen LogP contribution is 2.34. The number of fused-ring (bicyclic) bond motifs is 1. The summed E-state index contributed by atoms with van der Waals surface area (Å²) in [5.74, 6) is 1.02. The molecule has 10 heteroatoms. The Morgan fingerprint density at radius 3 is 2.23 bits per heavy atom. The van der Waals surface area contributed by atoms with Crippen molar-refractivity contribution in [3.05, 3.63) is 54.5 Å². The Balaban J connectivity index is 1.37. The van der Waals surface area contributed by atoms with Gasteiger partial charge in [-0.3, -0.25) is 4.90 Å². The average Bonchev–Trinajstić information content (AvgIpc) is 3.61. The molecule has 4 aromatic rings. The molecule has 1 saturated heterocycles. The molecule has 0 radical (unpaired) electrons. The Morgan fingerprint density at radius 2 is 1.55 bits per heavy atom. The van der Waals surface area contributed by atoms with Crippen molar-refractivity contribution in [2.75, 3.05) is 12.3 Å². The van der Waals surface area contributed by atoms with Crippen molar-refractivity contribution in [2.45, 2.75) is 71.6 Å². The minimum absolute atomic E-state index is 0.142. The highest BCUT2D eigenvalue weighted by Gasteiger charge is 2.34. The lowest BCUT2D eigenvalue weighted by Crippen LogP contribution is -2.36. The standard InChI is InChI=1S/C30H36N6O4/c1-29(2,3)39-27(37)35-15-7-8-23(35)26-32-17-22(33-26)19-11-9-18(10-12-19)20-13-14-21-24(16-20)36(34-25(21)31)28(38)40-30(4,5)6/h9-14,16-17,23H,7-8,15H2,1-6H3,(H2,31,34)(H,32,33). The van der Waals surface area contributed by atoms with Crippen molar-refractivity contribution in [3.63, 3.8) is 0 Å². The lowest BCUT2D eigenvalue weighted by molar-refractivity contribution is 0.0218. The van der Waals surface area contributed by atoms with Gasteiger partial charge in [0.25, 0.3) is 0 Å². The van der Waals surface area contributed by atoms with E-state index in [1.54, 1.807) is 31.9 Å². The first-order chi connectivity index (χ1) is 18.8. The second-order valence-corrected chi connectivity index (χ2v) is 12.1. The van der Waals surface area contributed by atoms with Gasteiger partial charge in [0.1, 0.15) is 17.0 Å². The highest BCUT2D eigenvalue weighted by molar-refractivity contribution is 5.97. The Bertz CT molecular complexity index is 1560. The number of hydrogen-bond donors (Lipinski definition) is 2. The number of aromatic amines is 1. The van der Waals surface area contributed by atoms with Gasteiger partial charge in [-0.1, -0.05) is 30.3 Å². The smallest absolute Gasteiger partial charge is 0.435 e. The van der Waals surface area contributed by atoms with Gasteiger partial charge in [0.2, 0.25) is 0 Å². The molecule has 1 amide bonds. The topological polar surface area (TPSA) is 128 Å². The number of carbonyl (C=O) groups excluding carboxylic acids is 2. The number of nitrogens with two attached hydrogens (primary N) is 1. The Kier molecular flexibility index (Phi) is 6.81. The summed E-state index contributed by atoms with van der Waals surface area (Å²) >= 11 is 0. The van der Waals surface area contributed by atoms with Crippen LogP contribution in [0.2, 0.25) is 0 Å². The van der Waals surface area contributed by atoms with Crippen molar-refractivity contribution in [2.24, 2.45) is 0 Å². The molecular weight excluding hydrogens is 508 g/mol. The fourth-order valence-corrected chi connectivity index (χ4v) is 4.85. The first-order valence-electron chi connectivity index (χ1n) is 13.5. The van der Waals surface area contributed by atoms with E-state index in [9.17, 15) is 9.59 Å². The fraction of sp³-hybridized carbons (Fsp3) is 0.400. The molecule has 0 bridgehead atoms. The molecule has 0 spiro atoms. The number of likely N-dealkylation sites (tertiary alicyclic amines) is 1. The van der Waals surface area contributed by atoms with Gasteiger partial charge in [0, 0.05) is 11.9 Å². The summed E-state index contributed by atoms with van der Waals surface area (Å²) in [4.78, 5) is 35.2. The molecule has 1 aliphatic heterocycles. The maximum atomic E-state index is 12.7. The average molecular weight is 545 g/mol. The molecule has 2 aromatic carbocycles. The first-order valence-corrected chi connectivity index (χ1v) is 13.5. The second kappa shape index (κ2) is 10.0. The number of anilines is 1. The number of benzene rings is 2. The van der Waals surface area contributed by atoms with E-state index in [0.29, 0.717) is 17.4 Å². The third-order valence-corrected chi connectivity index (χ3v) is 6.60. The van der Waals surface area contributed by atoms with Crippen molar-refractivity contribution in [1.29, 1.82) is 0 Å². The molecule has 1 fully saturated rings. The van der Waals surface area contributed by atoms with E-state index in [0.717, 1.165) is 41.1 Å². The lowest BCUT2D eigenvalue weighted by atomic mass is 10.0. The van der Waals surface area contributed by atoms with Crippen LogP contribution in [0.25, 0.3) is 33.3 Å². The van der Waals surface area contributed by atoms with Gasteiger partial charge in [0.15, 0.2) is 5.82 Å². The summed E-state index contributed by atoms with van der Waals surface area (Å²) in [6.07, 6.45) is 2.63. The molecule has 10 nitrogen and oxygen atoms in total. The Hall–Kier alpha value is -4.34. The molecule has 0 aliphatic carbocycles. The summed E-state index contributed by atoms with van der Waals surface area (Å²) in [5.41, 5.74) is 9.15. The number of carbonyl (C=O) groups is 2. The van der Waals surface area contributed by atoms with E-state index in [1.807, 2.05) is 63.2 Å². The minimum atomic E-state index is -0.657. The lowest BCUT2D eigenvalue weighted by Gasteiger charge is -2.27. The number of rotatable bonds is 3. The molecule has 3 heterocycles. The van der Waals surface area contributed by atoms with E-state index < -0.39 is 17.3 Å². The van der Waals surface area contributed by atoms with Crippen molar-refractivity contribution < 1.29 is 19.1 Å². The number of nitrogens with zero attached hydrogens (tertiary/aromatic N) is 4. The number of hydrogen-bond acceptors (Lipinski definition) is 7. The Labute approximate surface area is 233 Å². The molecule has 210 valence electrons. The van der Waals surface area contributed by atoms with Crippen LogP contribution in [0.4, 0.5) is 15.4 Å². The van der Waals surface area contributed by atoms with Crippen LogP contribution < -0.4 is 5.73 Å². The summed E-state index contributed by atoms with van der Waals surface area (Å²) < 4.78 is 12.3. The van der Waals surface area contributed by atoms with Crippen molar-refractivity contribution >= 4 is 28.9 Å². The zero-order valence-corrected chi connectivity index (χ0v) is 23.8. The van der Waals surface area contributed by atoms with Crippen LogP contribution in [0.1, 0.15) is 66.3 Å². The van der Waals surface area contributed by atoms with E-state index in [4.69, 9.17) is 15.2 Å². The van der Waals surface area contributed by atoms with Gasteiger partial charge < -0.3 is 20.2 Å². The molecule has 1 atom stereocenters. The zero-order valence-electron chi connectivity index (χ0n) is 23.8. The summed E-state index contributed by atoms with van der Waals surface area (Å²) in [6, 6.07) is 13.6. The van der Waals surface area contributed by atoms with Crippen LogP contribution in [-0.2, 0) is 9.47 Å².